The van der Waals surface area contributed by atoms with E-state index in [-0.39, 0.29) is 18.0 Å². The van der Waals surface area contributed by atoms with Gasteiger partial charge in [0.1, 0.15) is 5.75 Å². The lowest BCUT2D eigenvalue weighted by Crippen LogP contribution is -2.55. The average Bonchev–Trinajstić information content (AvgIpc) is 3.36. The number of hydrogen-bond acceptors (Lipinski definition) is 5. The molecule has 1 aromatic heterocycles. The van der Waals surface area contributed by atoms with Gasteiger partial charge in [-0.05, 0) is 48.7 Å². The summed E-state index contributed by atoms with van der Waals surface area (Å²) >= 11 is 0. The fourth-order valence-corrected chi connectivity index (χ4v) is 4.60. The Morgan fingerprint density at radius 1 is 1.09 bits per heavy atom. The van der Waals surface area contributed by atoms with Gasteiger partial charge in [-0.25, -0.2) is 4.68 Å². The number of benzene rings is 2. The van der Waals surface area contributed by atoms with Crippen LogP contribution in [0.4, 0.5) is 5.69 Å². The van der Waals surface area contributed by atoms with Crippen molar-refractivity contribution in [2.75, 3.05) is 11.4 Å². The van der Waals surface area contributed by atoms with E-state index in [4.69, 9.17) is 10.5 Å². The second-order valence-corrected chi connectivity index (χ2v) is 8.64. The van der Waals surface area contributed by atoms with E-state index in [9.17, 15) is 4.79 Å². The maximum Gasteiger partial charge on any atom is 0.263 e. The lowest BCUT2D eigenvalue weighted by atomic mass is 9.91. The van der Waals surface area contributed by atoms with Gasteiger partial charge >= 0.3 is 0 Å². The van der Waals surface area contributed by atoms with Gasteiger partial charge in [0.05, 0.1) is 17.9 Å². The van der Waals surface area contributed by atoms with Crippen LogP contribution < -0.4 is 20.7 Å². The number of anilines is 1. The number of fused-ring (bicyclic) bond motifs is 1. The zero-order valence-corrected chi connectivity index (χ0v) is 18.1. The Kier molecular flexibility index (Phi) is 5.81. The molecule has 32 heavy (non-hydrogen) atoms. The van der Waals surface area contributed by atoms with E-state index >= 15 is 0 Å². The molecule has 2 heterocycles. The van der Waals surface area contributed by atoms with Gasteiger partial charge < -0.3 is 20.7 Å². The summed E-state index contributed by atoms with van der Waals surface area (Å²) in [4.78, 5) is 15.3. The van der Waals surface area contributed by atoms with Crippen LogP contribution in [0.15, 0.2) is 67.0 Å². The summed E-state index contributed by atoms with van der Waals surface area (Å²) in [5.41, 5.74) is 9.41. The van der Waals surface area contributed by atoms with Gasteiger partial charge in [-0.15, -0.1) is 0 Å². The molecule has 1 aliphatic carbocycles. The molecule has 0 radical (unpaired) electrons. The highest BCUT2D eigenvalue weighted by atomic mass is 16.5. The molecule has 2 aliphatic rings. The Bertz CT molecular complexity index is 1050. The SMILES string of the molecule is NC1CCCCC1NC(=O)C1CN(Cc2ccc(-n3cccn3)cc2)c2ccccc2O1. The third-order valence-corrected chi connectivity index (χ3v) is 6.38. The number of aromatic nitrogens is 2. The van der Waals surface area contributed by atoms with E-state index < -0.39 is 6.10 Å². The minimum atomic E-state index is -0.567. The minimum absolute atomic E-state index is 0.0213. The fraction of sp³-hybridized carbons (Fsp3) is 0.360. The number of carbonyl (C=O) groups excluding carboxylic acids is 1. The van der Waals surface area contributed by atoms with Crippen LogP contribution in [-0.2, 0) is 11.3 Å². The van der Waals surface area contributed by atoms with Crippen LogP contribution in [0.2, 0.25) is 0 Å². The number of para-hydroxylation sites is 2. The van der Waals surface area contributed by atoms with E-state index in [0.717, 1.165) is 48.4 Å². The standard InChI is InChI=1S/C25H29N5O2/c26-20-6-1-2-7-21(20)28-25(31)24-17-29(22-8-3-4-9-23(22)32-24)16-18-10-12-19(13-11-18)30-15-5-14-27-30/h3-5,8-15,20-21,24H,1-2,6-7,16-17,26H2,(H,28,31). The molecule has 1 saturated carbocycles. The molecule has 3 unspecified atom stereocenters. The highest BCUT2D eigenvalue weighted by Crippen LogP contribution is 2.34. The molecule has 3 N–H and O–H groups in total. The second kappa shape index (κ2) is 9.04. The van der Waals surface area contributed by atoms with Gasteiger partial charge in [0, 0.05) is 31.0 Å². The van der Waals surface area contributed by atoms with Gasteiger partial charge in [-0.2, -0.15) is 5.10 Å². The van der Waals surface area contributed by atoms with E-state index in [1.165, 1.54) is 0 Å². The molecule has 0 bridgehead atoms. The number of carbonyl (C=O) groups is 1. The van der Waals surface area contributed by atoms with E-state index in [1.807, 2.05) is 41.2 Å². The molecule has 1 amide bonds. The summed E-state index contributed by atoms with van der Waals surface area (Å²) < 4.78 is 7.94. The third-order valence-electron chi connectivity index (χ3n) is 6.38. The van der Waals surface area contributed by atoms with E-state index in [1.54, 1.807) is 6.20 Å². The predicted molar refractivity (Wildman–Crippen MR) is 124 cm³/mol. The Hall–Kier alpha value is -3.32. The van der Waals surface area contributed by atoms with Crippen LogP contribution in [0.3, 0.4) is 0 Å². The van der Waals surface area contributed by atoms with Gasteiger partial charge in [0.2, 0.25) is 0 Å². The molecule has 7 heteroatoms. The van der Waals surface area contributed by atoms with Crippen molar-refractivity contribution in [3.8, 4) is 11.4 Å². The smallest absolute Gasteiger partial charge is 0.263 e. The van der Waals surface area contributed by atoms with Crippen molar-refractivity contribution in [1.29, 1.82) is 0 Å². The van der Waals surface area contributed by atoms with Crippen LogP contribution in [0, 0.1) is 0 Å². The van der Waals surface area contributed by atoms with Crippen molar-refractivity contribution in [3.05, 3.63) is 72.6 Å². The molecule has 5 rings (SSSR count). The topological polar surface area (TPSA) is 85.4 Å². The predicted octanol–water partition coefficient (Wildman–Crippen LogP) is 3.03. The van der Waals surface area contributed by atoms with Gasteiger partial charge in [0.25, 0.3) is 5.91 Å². The normalized spacial score (nSPS) is 22.7. The molecular formula is C25H29N5O2. The van der Waals surface area contributed by atoms with Crippen molar-refractivity contribution in [1.82, 2.24) is 15.1 Å². The highest BCUT2D eigenvalue weighted by Gasteiger charge is 2.33. The number of amides is 1. The van der Waals surface area contributed by atoms with Crippen molar-refractivity contribution in [2.24, 2.45) is 5.73 Å². The maximum absolute atomic E-state index is 13.1. The molecule has 2 aromatic carbocycles. The number of ether oxygens (including phenoxy) is 1. The molecule has 3 atom stereocenters. The Morgan fingerprint density at radius 2 is 1.91 bits per heavy atom. The van der Waals surface area contributed by atoms with Crippen LogP contribution >= 0.6 is 0 Å². The summed E-state index contributed by atoms with van der Waals surface area (Å²) in [7, 11) is 0. The Labute approximate surface area is 188 Å². The molecule has 0 saturated heterocycles. The van der Waals surface area contributed by atoms with Crippen molar-refractivity contribution >= 4 is 11.6 Å². The van der Waals surface area contributed by atoms with E-state index in [0.29, 0.717) is 13.1 Å². The first-order chi connectivity index (χ1) is 15.7. The maximum atomic E-state index is 13.1. The number of rotatable bonds is 5. The lowest BCUT2D eigenvalue weighted by Gasteiger charge is -2.37. The molecule has 1 aliphatic heterocycles. The summed E-state index contributed by atoms with van der Waals surface area (Å²) in [6.07, 6.45) is 7.25. The number of hydrogen-bond donors (Lipinski definition) is 2. The highest BCUT2D eigenvalue weighted by molar-refractivity contribution is 5.83. The minimum Gasteiger partial charge on any atom is -0.477 e. The zero-order valence-electron chi connectivity index (χ0n) is 18.1. The number of nitrogens with one attached hydrogen (secondary N) is 1. The first-order valence-corrected chi connectivity index (χ1v) is 11.3. The molecule has 1 fully saturated rings. The van der Waals surface area contributed by atoms with Crippen molar-refractivity contribution < 1.29 is 9.53 Å². The van der Waals surface area contributed by atoms with Gasteiger partial charge in [0.15, 0.2) is 6.10 Å². The molecule has 7 nitrogen and oxygen atoms in total. The lowest BCUT2D eigenvalue weighted by molar-refractivity contribution is -0.129. The summed E-state index contributed by atoms with van der Waals surface area (Å²) in [6.45, 7) is 1.18. The quantitative estimate of drug-likeness (QED) is 0.649. The summed E-state index contributed by atoms with van der Waals surface area (Å²) in [5, 5.41) is 7.43. The zero-order chi connectivity index (χ0) is 21.9. The van der Waals surface area contributed by atoms with Gasteiger partial charge in [-0.1, -0.05) is 37.1 Å². The first kappa shape index (κ1) is 20.6. The molecular weight excluding hydrogens is 402 g/mol. The third kappa shape index (κ3) is 4.34. The molecule has 0 spiro atoms. The largest absolute Gasteiger partial charge is 0.477 e. The Balaban J connectivity index is 1.31. The van der Waals surface area contributed by atoms with Crippen molar-refractivity contribution in [2.45, 2.75) is 50.4 Å². The molecule has 166 valence electrons. The number of nitrogens with two attached hydrogens (primary N) is 1. The number of nitrogens with zero attached hydrogens (tertiary/aromatic N) is 3. The average molecular weight is 432 g/mol. The monoisotopic (exact) mass is 431 g/mol. The van der Waals surface area contributed by atoms with Crippen LogP contribution in [-0.4, -0.2) is 40.4 Å². The summed E-state index contributed by atoms with van der Waals surface area (Å²) in [5.74, 6) is 0.654. The van der Waals surface area contributed by atoms with Crippen LogP contribution in [0.25, 0.3) is 5.69 Å². The molecule has 3 aromatic rings. The van der Waals surface area contributed by atoms with E-state index in [2.05, 4.69) is 39.6 Å². The van der Waals surface area contributed by atoms with Gasteiger partial charge in [-0.3, -0.25) is 4.79 Å². The fourth-order valence-electron chi connectivity index (χ4n) is 4.60. The summed E-state index contributed by atoms with van der Waals surface area (Å²) in [6, 6.07) is 18.2. The Morgan fingerprint density at radius 3 is 2.69 bits per heavy atom. The van der Waals surface area contributed by atoms with Crippen LogP contribution in [0.5, 0.6) is 5.75 Å². The first-order valence-electron chi connectivity index (χ1n) is 11.3. The van der Waals surface area contributed by atoms with Crippen molar-refractivity contribution in [3.63, 3.8) is 0 Å². The second-order valence-electron chi connectivity index (χ2n) is 8.64. The van der Waals surface area contributed by atoms with Crippen LogP contribution in [0.1, 0.15) is 31.2 Å².